The molecule has 0 fully saturated rings. The van der Waals surface area contributed by atoms with E-state index in [-0.39, 0.29) is 41.5 Å². The van der Waals surface area contributed by atoms with E-state index < -0.39 is 19.9 Å². The molecular weight excluding hydrogens is 455 g/mol. The highest BCUT2D eigenvalue weighted by atomic mass is 127. The Bertz CT molecular complexity index is 549. The van der Waals surface area contributed by atoms with E-state index in [1.165, 1.54) is 6.26 Å². The third kappa shape index (κ3) is 15.1. The monoisotopic (exact) mass is 484 g/mol. The third-order valence-electron chi connectivity index (χ3n) is 2.88. The Morgan fingerprint density at radius 1 is 1.17 bits per heavy atom. The summed E-state index contributed by atoms with van der Waals surface area (Å²) in [7, 11) is -4.49. The van der Waals surface area contributed by atoms with Crippen LogP contribution in [0.5, 0.6) is 0 Å². The van der Waals surface area contributed by atoms with Gasteiger partial charge in [0, 0.05) is 32.4 Å². The maximum absolute atomic E-state index is 11.2. The molecule has 3 N–H and O–H groups in total. The molecule has 0 bridgehead atoms. The van der Waals surface area contributed by atoms with Crippen molar-refractivity contribution in [3.05, 3.63) is 0 Å². The third-order valence-corrected chi connectivity index (χ3v) is 5.26. The second kappa shape index (κ2) is 12.3. The number of sulfone groups is 1. The zero-order chi connectivity index (χ0) is 17.2. The molecule has 0 amide bonds. The summed E-state index contributed by atoms with van der Waals surface area (Å²) in [5.41, 5.74) is 0. The molecule has 0 saturated carbocycles. The molecule has 0 aliphatic heterocycles. The summed E-state index contributed by atoms with van der Waals surface area (Å²) >= 11 is 0. The van der Waals surface area contributed by atoms with Crippen LogP contribution >= 0.6 is 24.0 Å². The van der Waals surface area contributed by atoms with Crippen LogP contribution in [0.4, 0.5) is 0 Å². The topological polar surface area (TPSA) is 117 Å². The Morgan fingerprint density at radius 3 is 2.26 bits per heavy atom. The minimum atomic E-state index is -3.15. The molecule has 1 atom stereocenters. The smallest absolute Gasteiger partial charge is 0.211 e. The van der Waals surface area contributed by atoms with Gasteiger partial charge in [-0.1, -0.05) is 0 Å². The summed E-state index contributed by atoms with van der Waals surface area (Å²) < 4.78 is 47.2. The van der Waals surface area contributed by atoms with Crippen molar-refractivity contribution in [2.45, 2.75) is 32.7 Å². The lowest BCUT2D eigenvalue weighted by molar-refractivity contribution is 0.575. The van der Waals surface area contributed by atoms with Gasteiger partial charge in [-0.3, -0.25) is 4.99 Å². The standard InChI is InChI=1S/C12H28N4O4S2.HI/c1-5-22(19,20)15-9-6-8-14-12(13-3)16-11(2)7-10-21(4,17)18;/h11,15H,5-10H2,1-4H3,(H2,13,14,16);1H. The van der Waals surface area contributed by atoms with Gasteiger partial charge in [0.1, 0.15) is 9.84 Å². The lowest BCUT2D eigenvalue weighted by atomic mass is 10.3. The molecule has 0 radical (unpaired) electrons. The van der Waals surface area contributed by atoms with E-state index >= 15 is 0 Å². The minimum absolute atomic E-state index is 0. The quantitative estimate of drug-likeness (QED) is 0.173. The molecule has 0 heterocycles. The number of halogens is 1. The zero-order valence-electron chi connectivity index (χ0n) is 14.1. The van der Waals surface area contributed by atoms with Crippen LogP contribution < -0.4 is 15.4 Å². The molecule has 11 heteroatoms. The summed E-state index contributed by atoms with van der Waals surface area (Å²) in [6, 6.07) is -0.0282. The predicted octanol–water partition coefficient (Wildman–Crippen LogP) is -0.0780. The largest absolute Gasteiger partial charge is 0.356 e. The van der Waals surface area contributed by atoms with Crippen LogP contribution in [0.3, 0.4) is 0 Å². The van der Waals surface area contributed by atoms with Gasteiger partial charge in [0.25, 0.3) is 0 Å². The highest BCUT2D eigenvalue weighted by molar-refractivity contribution is 14.0. The predicted molar refractivity (Wildman–Crippen MR) is 106 cm³/mol. The van der Waals surface area contributed by atoms with Crippen molar-refractivity contribution >= 4 is 49.8 Å². The van der Waals surface area contributed by atoms with Crippen LogP contribution in [0.1, 0.15) is 26.7 Å². The van der Waals surface area contributed by atoms with E-state index in [0.29, 0.717) is 31.9 Å². The van der Waals surface area contributed by atoms with Crippen molar-refractivity contribution in [1.29, 1.82) is 0 Å². The van der Waals surface area contributed by atoms with Crippen LogP contribution in [0.25, 0.3) is 0 Å². The zero-order valence-corrected chi connectivity index (χ0v) is 18.1. The van der Waals surface area contributed by atoms with Gasteiger partial charge in [0.2, 0.25) is 10.0 Å². The fourth-order valence-corrected chi connectivity index (χ4v) is 2.96. The Hall–Kier alpha value is -0.140. The van der Waals surface area contributed by atoms with Gasteiger partial charge in [0.05, 0.1) is 11.5 Å². The number of aliphatic imine (C=N–C) groups is 1. The number of hydrogen-bond donors (Lipinski definition) is 3. The van der Waals surface area contributed by atoms with E-state index in [1.54, 1.807) is 14.0 Å². The molecule has 1 unspecified atom stereocenters. The van der Waals surface area contributed by atoms with Crippen molar-refractivity contribution in [2.75, 3.05) is 37.9 Å². The highest BCUT2D eigenvalue weighted by Crippen LogP contribution is 1.95. The average Bonchev–Trinajstić information content (AvgIpc) is 2.42. The fraction of sp³-hybridized carbons (Fsp3) is 0.917. The van der Waals surface area contributed by atoms with Gasteiger partial charge < -0.3 is 10.6 Å². The summed E-state index contributed by atoms with van der Waals surface area (Å²) in [5, 5.41) is 6.15. The second-order valence-electron chi connectivity index (χ2n) is 5.11. The van der Waals surface area contributed by atoms with Gasteiger partial charge in [-0.05, 0) is 26.7 Å². The molecule has 8 nitrogen and oxygen atoms in total. The molecule has 0 spiro atoms. The number of sulfonamides is 1. The van der Waals surface area contributed by atoms with E-state index in [2.05, 4.69) is 20.3 Å². The van der Waals surface area contributed by atoms with Crippen molar-refractivity contribution < 1.29 is 16.8 Å². The summed E-state index contributed by atoms with van der Waals surface area (Å²) in [6.45, 7) is 4.40. The second-order valence-corrected chi connectivity index (χ2v) is 9.47. The molecular formula is C12H29IN4O4S2. The van der Waals surface area contributed by atoms with E-state index in [1.807, 2.05) is 6.92 Å². The van der Waals surface area contributed by atoms with Gasteiger partial charge >= 0.3 is 0 Å². The number of nitrogens with one attached hydrogen (secondary N) is 3. The van der Waals surface area contributed by atoms with Crippen molar-refractivity contribution in [1.82, 2.24) is 15.4 Å². The van der Waals surface area contributed by atoms with Crippen LogP contribution in [0.2, 0.25) is 0 Å². The molecule has 0 rings (SSSR count). The molecule has 0 aromatic carbocycles. The summed E-state index contributed by atoms with van der Waals surface area (Å²) in [4.78, 5) is 4.04. The number of hydrogen-bond acceptors (Lipinski definition) is 5. The van der Waals surface area contributed by atoms with Crippen LogP contribution in [-0.4, -0.2) is 66.7 Å². The maximum atomic E-state index is 11.2. The highest BCUT2D eigenvalue weighted by Gasteiger charge is 2.09. The molecule has 0 aromatic heterocycles. The van der Waals surface area contributed by atoms with Gasteiger partial charge in [-0.25, -0.2) is 21.6 Å². The fourth-order valence-electron chi connectivity index (χ4n) is 1.52. The van der Waals surface area contributed by atoms with Crippen LogP contribution in [0.15, 0.2) is 4.99 Å². The van der Waals surface area contributed by atoms with E-state index in [4.69, 9.17) is 0 Å². The number of nitrogens with zero attached hydrogens (tertiary/aromatic N) is 1. The SMILES string of the molecule is CCS(=O)(=O)NCCCNC(=NC)NC(C)CCS(C)(=O)=O.I. The van der Waals surface area contributed by atoms with Gasteiger partial charge in [0.15, 0.2) is 5.96 Å². The molecule has 0 aliphatic rings. The lowest BCUT2D eigenvalue weighted by Gasteiger charge is -2.17. The maximum Gasteiger partial charge on any atom is 0.211 e. The Balaban J connectivity index is 0. The normalized spacial score (nSPS) is 14.0. The first-order valence-electron chi connectivity index (χ1n) is 7.22. The van der Waals surface area contributed by atoms with Crippen LogP contribution in [0, 0.1) is 0 Å². The first-order chi connectivity index (χ1) is 10.1. The molecule has 0 aliphatic carbocycles. The molecule has 23 heavy (non-hydrogen) atoms. The Labute approximate surface area is 157 Å². The van der Waals surface area contributed by atoms with Crippen LogP contribution in [-0.2, 0) is 19.9 Å². The lowest BCUT2D eigenvalue weighted by Crippen LogP contribution is -2.43. The Kier molecular flexibility index (Phi) is 13.4. The minimum Gasteiger partial charge on any atom is -0.356 e. The van der Waals surface area contributed by atoms with Crippen molar-refractivity contribution in [2.24, 2.45) is 4.99 Å². The number of rotatable bonds is 10. The van der Waals surface area contributed by atoms with Gasteiger partial charge in [-0.2, -0.15) is 0 Å². The molecule has 140 valence electrons. The van der Waals surface area contributed by atoms with Gasteiger partial charge in [-0.15, -0.1) is 24.0 Å². The first kappa shape index (κ1) is 25.1. The van der Waals surface area contributed by atoms with E-state index in [0.717, 1.165) is 0 Å². The molecule has 0 aromatic rings. The average molecular weight is 484 g/mol. The first-order valence-corrected chi connectivity index (χ1v) is 10.9. The number of guanidine groups is 1. The summed E-state index contributed by atoms with van der Waals surface area (Å²) in [6.07, 6.45) is 2.33. The van der Waals surface area contributed by atoms with Crippen molar-refractivity contribution in [3.8, 4) is 0 Å². The van der Waals surface area contributed by atoms with Crippen molar-refractivity contribution in [3.63, 3.8) is 0 Å². The summed E-state index contributed by atoms with van der Waals surface area (Å²) in [5.74, 6) is 0.762. The Morgan fingerprint density at radius 2 is 1.78 bits per heavy atom. The molecule has 0 saturated heterocycles. The van der Waals surface area contributed by atoms with E-state index in [9.17, 15) is 16.8 Å².